The van der Waals surface area contributed by atoms with Gasteiger partial charge in [-0.25, -0.2) is 0 Å². The molecule has 0 aromatic rings. The largest absolute Gasteiger partial charge is 0.462 e. The van der Waals surface area contributed by atoms with Crippen LogP contribution >= 0.6 is 0 Å². The van der Waals surface area contributed by atoms with E-state index in [0.29, 0.717) is 19.3 Å². The van der Waals surface area contributed by atoms with E-state index in [9.17, 15) is 19.8 Å². The monoisotopic (exact) mass is 884 g/mol. The summed E-state index contributed by atoms with van der Waals surface area (Å²) in [4.78, 5) is 26.2. The van der Waals surface area contributed by atoms with Crippen molar-refractivity contribution >= 4 is 11.9 Å². The highest BCUT2D eigenvalue weighted by atomic mass is 16.5. The summed E-state index contributed by atoms with van der Waals surface area (Å²) in [6.07, 6.45) is 61.7. The lowest BCUT2D eigenvalue weighted by molar-refractivity contribution is -0.151. The van der Waals surface area contributed by atoms with E-state index in [2.05, 4.69) is 74.7 Å². The zero-order valence-electron chi connectivity index (χ0n) is 42.0. The molecule has 0 heterocycles. The van der Waals surface area contributed by atoms with Crippen LogP contribution in [-0.2, 0) is 14.3 Å². The number of rotatable bonds is 49. The molecule has 3 N–H and O–H groups in total. The van der Waals surface area contributed by atoms with Crippen LogP contribution in [0.4, 0.5) is 0 Å². The summed E-state index contributed by atoms with van der Waals surface area (Å²) in [7, 11) is 0. The molecule has 0 bridgehead atoms. The first-order valence-electron chi connectivity index (χ1n) is 27.4. The number of ether oxygens (including phenoxy) is 1. The van der Waals surface area contributed by atoms with Crippen LogP contribution in [0.2, 0.25) is 0 Å². The minimum absolute atomic E-state index is 0.0468. The van der Waals surface area contributed by atoms with Gasteiger partial charge in [-0.3, -0.25) is 9.59 Å². The summed E-state index contributed by atoms with van der Waals surface area (Å²) in [5.74, 6) is -0.523. The van der Waals surface area contributed by atoms with Gasteiger partial charge in [-0.05, 0) is 89.9 Å². The molecule has 0 aliphatic heterocycles. The van der Waals surface area contributed by atoms with Crippen LogP contribution in [-0.4, -0.2) is 46.9 Å². The molecule has 0 fully saturated rings. The number of nitrogens with one attached hydrogen (secondary N) is 1. The Morgan fingerprint density at radius 3 is 1.29 bits per heavy atom. The van der Waals surface area contributed by atoms with Crippen LogP contribution in [0.3, 0.4) is 0 Å². The molecule has 63 heavy (non-hydrogen) atoms. The molecular formula is C57H105NO5. The van der Waals surface area contributed by atoms with E-state index in [1.807, 2.05) is 0 Å². The number of hydrogen-bond acceptors (Lipinski definition) is 5. The standard InChI is InChI=1S/C57H105NO5/c1-4-7-10-13-16-19-22-25-28-30-33-36-39-42-45-48-53(63-57(62)50-47-44-41-38-35-32-27-24-21-18-15-12-9-6-3)51-56(61)58-54(52-59)55(60)49-46-43-40-37-34-31-29-26-23-20-17-14-11-8-5-2/h16,19,25,28,32-33,35-36,53-55,59-60H,4-15,17-18,20-24,26-27,29-31,34,37-52H2,1-3H3,(H,58,61)/b19-16-,28-25-,35-32-,36-33-. The number of hydrogen-bond donors (Lipinski definition) is 3. The highest BCUT2D eigenvalue weighted by molar-refractivity contribution is 5.77. The zero-order valence-corrected chi connectivity index (χ0v) is 42.0. The Balaban J connectivity index is 4.63. The lowest BCUT2D eigenvalue weighted by atomic mass is 10.0. The van der Waals surface area contributed by atoms with Gasteiger partial charge in [-0.1, -0.05) is 223 Å². The normalized spacial score (nSPS) is 13.5. The highest BCUT2D eigenvalue weighted by Crippen LogP contribution is 2.17. The lowest BCUT2D eigenvalue weighted by Crippen LogP contribution is -2.46. The maximum atomic E-state index is 13.2. The fourth-order valence-electron chi connectivity index (χ4n) is 8.20. The van der Waals surface area contributed by atoms with Gasteiger partial charge in [0.25, 0.3) is 0 Å². The highest BCUT2D eigenvalue weighted by Gasteiger charge is 2.24. The number of esters is 1. The van der Waals surface area contributed by atoms with Crippen molar-refractivity contribution in [3.8, 4) is 0 Å². The molecule has 6 nitrogen and oxygen atoms in total. The van der Waals surface area contributed by atoms with Crippen molar-refractivity contribution in [2.45, 2.75) is 296 Å². The molecule has 368 valence electrons. The Bertz CT molecular complexity index is 1080. The first-order chi connectivity index (χ1) is 31.0. The van der Waals surface area contributed by atoms with Crippen LogP contribution in [0.1, 0.15) is 278 Å². The molecule has 6 heteroatoms. The van der Waals surface area contributed by atoms with Crippen molar-refractivity contribution in [3.63, 3.8) is 0 Å². The summed E-state index contributed by atoms with van der Waals surface area (Å²) < 4.78 is 5.92. The average molecular weight is 884 g/mol. The number of amides is 1. The second-order valence-electron chi connectivity index (χ2n) is 18.6. The van der Waals surface area contributed by atoms with E-state index in [-0.39, 0.29) is 24.9 Å². The Labute approximate surface area is 391 Å². The predicted molar refractivity (Wildman–Crippen MR) is 273 cm³/mol. The minimum atomic E-state index is -0.800. The van der Waals surface area contributed by atoms with Crippen LogP contribution in [0.5, 0.6) is 0 Å². The Kier molecular flexibility index (Phi) is 49.1. The zero-order chi connectivity index (χ0) is 45.9. The third-order valence-electron chi connectivity index (χ3n) is 12.4. The second-order valence-corrected chi connectivity index (χ2v) is 18.6. The molecule has 0 aromatic carbocycles. The molecule has 3 unspecified atom stereocenters. The molecule has 0 saturated carbocycles. The molecule has 1 amide bonds. The summed E-state index contributed by atoms with van der Waals surface area (Å²) in [5, 5.41) is 23.8. The molecular weight excluding hydrogens is 779 g/mol. The van der Waals surface area contributed by atoms with Crippen molar-refractivity contribution in [1.29, 1.82) is 0 Å². The lowest BCUT2D eigenvalue weighted by Gasteiger charge is -2.24. The van der Waals surface area contributed by atoms with Gasteiger partial charge >= 0.3 is 5.97 Å². The van der Waals surface area contributed by atoms with Gasteiger partial charge in [-0.15, -0.1) is 0 Å². The van der Waals surface area contributed by atoms with Crippen molar-refractivity contribution < 1.29 is 24.5 Å². The molecule has 0 radical (unpaired) electrons. The first-order valence-corrected chi connectivity index (χ1v) is 27.4. The molecule has 0 aliphatic rings. The predicted octanol–water partition coefficient (Wildman–Crippen LogP) is 16.6. The maximum absolute atomic E-state index is 13.2. The average Bonchev–Trinajstić information content (AvgIpc) is 3.28. The van der Waals surface area contributed by atoms with E-state index < -0.39 is 18.2 Å². The van der Waals surface area contributed by atoms with Gasteiger partial charge < -0.3 is 20.3 Å². The summed E-state index contributed by atoms with van der Waals surface area (Å²) in [5.41, 5.74) is 0. The van der Waals surface area contributed by atoms with Gasteiger partial charge in [0.2, 0.25) is 5.91 Å². The van der Waals surface area contributed by atoms with Crippen LogP contribution in [0, 0.1) is 0 Å². The van der Waals surface area contributed by atoms with E-state index in [1.54, 1.807) is 0 Å². The smallest absolute Gasteiger partial charge is 0.306 e. The minimum Gasteiger partial charge on any atom is -0.462 e. The van der Waals surface area contributed by atoms with Gasteiger partial charge in [0.05, 0.1) is 25.2 Å². The summed E-state index contributed by atoms with van der Waals surface area (Å²) in [6, 6.07) is -0.717. The number of aliphatic hydroxyl groups excluding tert-OH is 2. The quantitative estimate of drug-likeness (QED) is 0.0321. The van der Waals surface area contributed by atoms with Gasteiger partial charge in [0.1, 0.15) is 6.10 Å². The van der Waals surface area contributed by atoms with Crippen molar-refractivity contribution in [1.82, 2.24) is 5.32 Å². The third-order valence-corrected chi connectivity index (χ3v) is 12.4. The number of unbranched alkanes of at least 4 members (excludes halogenated alkanes) is 29. The van der Waals surface area contributed by atoms with Crippen molar-refractivity contribution in [2.24, 2.45) is 0 Å². The molecule has 0 aliphatic carbocycles. The summed E-state index contributed by atoms with van der Waals surface area (Å²) >= 11 is 0. The molecule has 0 spiro atoms. The number of allylic oxidation sites excluding steroid dienone is 8. The van der Waals surface area contributed by atoms with Gasteiger partial charge in [-0.2, -0.15) is 0 Å². The van der Waals surface area contributed by atoms with E-state index >= 15 is 0 Å². The maximum Gasteiger partial charge on any atom is 0.306 e. The van der Waals surface area contributed by atoms with E-state index in [1.165, 1.54) is 148 Å². The second kappa shape index (κ2) is 50.8. The number of aliphatic hydroxyl groups is 2. The first kappa shape index (κ1) is 60.8. The molecule has 3 atom stereocenters. The van der Waals surface area contributed by atoms with Crippen LogP contribution in [0.25, 0.3) is 0 Å². The fraction of sp³-hybridized carbons (Fsp3) is 0.825. The third kappa shape index (κ3) is 46.2. The van der Waals surface area contributed by atoms with Crippen LogP contribution in [0.15, 0.2) is 48.6 Å². The van der Waals surface area contributed by atoms with Gasteiger partial charge in [0, 0.05) is 6.42 Å². The Morgan fingerprint density at radius 2 is 0.810 bits per heavy atom. The number of carbonyl (C=O) groups is 2. The topological polar surface area (TPSA) is 95.9 Å². The fourth-order valence-corrected chi connectivity index (χ4v) is 8.20. The molecule has 0 saturated heterocycles. The van der Waals surface area contributed by atoms with Crippen molar-refractivity contribution in [3.05, 3.63) is 48.6 Å². The Hall–Kier alpha value is -2.18. The van der Waals surface area contributed by atoms with Crippen molar-refractivity contribution in [2.75, 3.05) is 6.61 Å². The van der Waals surface area contributed by atoms with E-state index in [4.69, 9.17) is 4.74 Å². The molecule has 0 rings (SSSR count). The van der Waals surface area contributed by atoms with E-state index in [0.717, 1.165) is 83.5 Å². The Morgan fingerprint density at radius 1 is 0.460 bits per heavy atom. The molecule has 0 aromatic heterocycles. The number of carbonyl (C=O) groups excluding carboxylic acids is 2. The SMILES string of the molecule is CCCCC/C=C\C/C=C\C/C=C\CCCCC(CC(=O)NC(CO)C(O)CCCCCCCCCCCCCCCCC)OC(=O)CCCCC/C=C\CCCCCCCCC. The van der Waals surface area contributed by atoms with Crippen LogP contribution < -0.4 is 5.32 Å². The summed E-state index contributed by atoms with van der Waals surface area (Å²) in [6.45, 7) is 6.45. The van der Waals surface area contributed by atoms with Gasteiger partial charge in [0.15, 0.2) is 0 Å².